The first kappa shape index (κ1) is 19.2. The maximum Gasteiger partial charge on any atom is 0.251 e. The van der Waals surface area contributed by atoms with Crippen LogP contribution in [0, 0.1) is 0 Å². The number of benzene rings is 2. The van der Waals surface area contributed by atoms with Crippen LogP contribution in [0.4, 0.5) is 0 Å². The van der Waals surface area contributed by atoms with E-state index >= 15 is 0 Å². The third-order valence-corrected chi connectivity index (χ3v) is 5.45. The van der Waals surface area contributed by atoms with Gasteiger partial charge in [-0.25, -0.2) is 8.42 Å². The highest BCUT2D eigenvalue weighted by molar-refractivity contribution is 7.90. The second kappa shape index (κ2) is 7.60. The van der Waals surface area contributed by atoms with Crippen molar-refractivity contribution in [1.82, 2.24) is 5.32 Å². The van der Waals surface area contributed by atoms with Crippen molar-refractivity contribution in [3.05, 3.63) is 53.1 Å². The van der Waals surface area contributed by atoms with Gasteiger partial charge in [-0.05, 0) is 44.2 Å². The SMILES string of the molecule is CCOc1cc2c(cc1CNC(=O)c1cccc(S(C)(=O)=O)c1)O[C@H](C)C2. The number of sulfone groups is 1. The summed E-state index contributed by atoms with van der Waals surface area (Å²) in [5.41, 5.74) is 2.21. The number of amides is 1. The second-order valence-electron chi connectivity index (χ2n) is 6.62. The van der Waals surface area contributed by atoms with E-state index in [2.05, 4.69) is 5.32 Å². The van der Waals surface area contributed by atoms with Gasteiger partial charge in [-0.1, -0.05) is 6.07 Å². The fourth-order valence-corrected chi connectivity index (χ4v) is 3.72. The van der Waals surface area contributed by atoms with Gasteiger partial charge in [0.1, 0.15) is 17.6 Å². The van der Waals surface area contributed by atoms with E-state index in [0.29, 0.717) is 12.2 Å². The highest BCUT2D eigenvalue weighted by Crippen LogP contribution is 2.35. The van der Waals surface area contributed by atoms with Crippen LogP contribution in [-0.2, 0) is 22.8 Å². The molecule has 0 radical (unpaired) electrons. The standard InChI is InChI=1S/C20H23NO5S/c1-4-25-18-10-15-8-13(2)26-19(15)11-16(18)12-21-20(22)14-6-5-7-17(9-14)27(3,23)24/h5-7,9-11,13H,4,8,12H2,1-3H3,(H,21,22)/t13-/m1/s1. The van der Waals surface area contributed by atoms with Crippen LogP contribution < -0.4 is 14.8 Å². The number of hydrogen-bond acceptors (Lipinski definition) is 5. The van der Waals surface area contributed by atoms with E-state index in [4.69, 9.17) is 9.47 Å². The summed E-state index contributed by atoms with van der Waals surface area (Å²) in [4.78, 5) is 12.6. The first-order valence-electron chi connectivity index (χ1n) is 8.81. The van der Waals surface area contributed by atoms with Gasteiger partial charge in [-0.2, -0.15) is 0 Å². The smallest absolute Gasteiger partial charge is 0.251 e. The van der Waals surface area contributed by atoms with Gasteiger partial charge in [0.15, 0.2) is 9.84 Å². The quantitative estimate of drug-likeness (QED) is 0.822. The number of fused-ring (bicyclic) bond motifs is 1. The normalized spacial score (nSPS) is 15.7. The van der Waals surface area contributed by atoms with E-state index in [1.54, 1.807) is 12.1 Å². The van der Waals surface area contributed by atoms with Crippen molar-refractivity contribution in [3.8, 4) is 11.5 Å². The molecule has 2 aromatic rings. The maximum absolute atomic E-state index is 12.5. The molecule has 1 amide bonds. The zero-order valence-electron chi connectivity index (χ0n) is 15.6. The van der Waals surface area contributed by atoms with Crippen LogP contribution >= 0.6 is 0 Å². The van der Waals surface area contributed by atoms with Crippen LogP contribution in [0.25, 0.3) is 0 Å². The Morgan fingerprint density at radius 2 is 2.07 bits per heavy atom. The Bertz CT molecular complexity index is 968. The van der Waals surface area contributed by atoms with Crippen LogP contribution in [0.3, 0.4) is 0 Å². The summed E-state index contributed by atoms with van der Waals surface area (Å²) in [6.07, 6.45) is 2.07. The minimum Gasteiger partial charge on any atom is -0.494 e. The predicted octanol–water partition coefficient (Wildman–Crippen LogP) is 2.74. The Balaban J connectivity index is 1.78. The Kier molecular flexibility index (Phi) is 5.41. The Hall–Kier alpha value is -2.54. The minimum absolute atomic E-state index is 0.116. The molecule has 144 valence electrons. The second-order valence-corrected chi connectivity index (χ2v) is 8.63. The van der Waals surface area contributed by atoms with Crippen molar-refractivity contribution in [2.24, 2.45) is 0 Å². The van der Waals surface area contributed by atoms with E-state index in [-0.39, 0.29) is 23.5 Å². The van der Waals surface area contributed by atoms with Gasteiger partial charge in [0.2, 0.25) is 0 Å². The first-order valence-corrected chi connectivity index (χ1v) is 10.7. The molecule has 2 aromatic carbocycles. The number of rotatable bonds is 6. The van der Waals surface area contributed by atoms with Gasteiger partial charge in [-0.15, -0.1) is 0 Å². The fraction of sp³-hybridized carbons (Fsp3) is 0.350. The summed E-state index contributed by atoms with van der Waals surface area (Å²) in [5, 5.41) is 2.83. The molecular formula is C20H23NO5S. The summed E-state index contributed by atoms with van der Waals surface area (Å²) in [6, 6.07) is 9.85. The molecule has 0 saturated heterocycles. The zero-order valence-corrected chi connectivity index (χ0v) is 16.4. The molecule has 1 atom stereocenters. The molecule has 0 saturated carbocycles. The lowest BCUT2D eigenvalue weighted by molar-refractivity contribution is 0.0950. The predicted molar refractivity (Wildman–Crippen MR) is 102 cm³/mol. The number of carbonyl (C=O) groups is 1. The van der Waals surface area contributed by atoms with Crippen LogP contribution in [0.1, 0.15) is 35.3 Å². The zero-order chi connectivity index (χ0) is 19.6. The van der Waals surface area contributed by atoms with Gasteiger partial charge in [0, 0.05) is 35.9 Å². The lowest BCUT2D eigenvalue weighted by atomic mass is 10.1. The Labute approximate surface area is 159 Å². The molecule has 3 rings (SSSR count). The molecule has 0 aromatic heterocycles. The molecule has 0 fully saturated rings. The topological polar surface area (TPSA) is 81.7 Å². The molecule has 6 nitrogen and oxygen atoms in total. The third-order valence-electron chi connectivity index (χ3n) is 4.34. The van der Waals surface area contributed by atoms with Crippen molar-refractivity contribution in [2.75, 3.05) is 12.9 Å². The van der Waals surface area contributed by atoms with Crippen molar-refractivity contribution < 1.29 is 22.7 Å². The molecule has 0 spiro atoms. The van der Waals surface area contributed by atoms with Gasteiger partial charge < -0.3 is 14.8 Å². The molecule has 1 aliphatic heterocycles. The van der Waals surface area contributed by atoms with Crippen LogP contribution in [0.5, 0.6) is 11.5 Å². The molecule has 1 N–H and O–H groups in total. The largest absolute Gasteiger partial charge is 0.494 e. The van der Waals surface area contributed by atoms with Gasteiger partial charge in [0.05, 0.1) is 11.5 Å². The lowest BCUT2D eigenvalue weighted by Gasteiger charge is -2.13. The molecule has 1 aliphatic rings. The number of ether oxygens (including phenoxy) is 2. The number of nitrogens with one attached hydrogen (secondary N) is 1. The lowest BCUT2D eigenvalue weighted by Crippen LogP contribution is -2.23. The number of hydrogen-bond donors (Lipinski definition) is 1. The van der Waals surface area contributed by atoms with E-state index in [9.17, 15) is 13.2 Å². The van der Waals surface area contributed by atoms with Crippen molar-refractivity contribution in [3.63, 3.8) is 0 Å². The van der Waals surface area contributed by atoms with Crippen molar-refractivity contribution in [2.45, 2.75) is 37.8 Å². The third kappa shape index (κ3) is 4.42. The average Bonchev–Trinajstić information content (AvgIpc) is 2.98. The van der Waals surface area contributed by atoms with Crippen LogP contribution in [0.2, 0.25) is 0 Å². The highest BCUT2D eigenvalue weighted by atomic mass is 32.2. The number of carbonyl (C=O) groups excluding carboxylic acids is 1. The molecule has 7 heteroatoms. The van der Waals surface area contributed by atoms with E-state index < -0.39 is 9.84 Å². The van der Waals surface area contributed by atoms with E-state index in [0.717, 1.165) is 35.3 Å². The molecule has 0 unspecified atom stereocenters. The van der Waals surface area contributed by atoms with E-state index in [1.165, 1.54) is 12.1 Å². The van der Waals surface area contributed by atoms with Crippen LogP contribution in [-0.4, -0.2) is 33.3 Å². The van der Waals surface area contributed by atoms with E-state index in [1.807, 2.05) is 26.0 Å². The molecule has 1 heterocycles. The summed E-state index contributed by atoms with van der Waals surface area (Å²) in [6.45, 7) is 4.69. The van der Waals surface area contributed by atoms with Crippen molar-refractivity contribution >= 4 is 15.7 Å². The monoisotopic (exact) mass is 389 g/mol. The molecule has 0 aliphatic carbocycles. The first-order chi connectivity index (χ1) is 12.8. The molecular weight excluding hydrogens is 366 g/mol. The van der Waals surface area contributed by atoms with Gasteiger partial charge >= 0.3 is 0 Å². The van der Waals surface area contributed by atoms with Gasteiger partial charge in [-0.3, -0.25) is 4.79 Å². The van der Waals surface area contributed by atoms with Crippen molar-refractivity contribution in [1.29, 1.82) is 0 Å². The van der Waals surface area contributed by atoms with Gasteiger partial charge in [0.25, 0.3) is 5.91 Å². The fourth-order valence-electron chi connectivity index (χ4n) is 3.06. The minimum atomic E-state index is -3.37. The maximum atomic E-state index is 12.5. The highest BCUT2D eigenvalue weighted by Gasteiger charge is 2.22. The summed E-state index contributed by atoms with van der Waals surface area (Å²) in [5.74, 6) is 1.19. The summed E-state index contributed by atoms with van der Waals surface area (Å²) >= 11 is 0. The molecule has 27 heavy (non-hydrogen) atoms. The molecule has 0 bridgehead atoms. The summed E-state index contributed by atoms with van der Waals surface area (Å²) in [7, 11) is -3.37. The Morgan fingerprint density at radius 3 is 2.78 bits per heavy atom. The van der Waals surface area contributed by atoms with Crippen LogP contribution in [0.15, 0.2) is 41.3 Å². The Morgan fingerprint density at radius 1 is 1.30 bits per heavy atom. The average molecular weight is 389 g/mol. The summed E-state index contributed by atoms with van der Waals surface area (Å²) < 4.78 is 34.9.